The normalized spacial score (nSPS) is 12.2. The Bertz CT molecular complexity index is 662. The summed E-state index contributed by atoms with van der Waals surface area (Å²) in [4.78, 5) is 28.6. The first-order valence-corrected chi connectivity index (χ1v) is 8.20. The molecule has 0 spiro atoms. The van der Waals surface area contributed by atoms with Gasteiger partial charge in [-0.15, -0.1) is 0 Å². The summed E-state index contributed by atoms with van der Waals surface area (Å²) in [6.07, 6.45) is 0.673. The molecule has 6 heteroatoms. The van der Waals surface area contributed by atoms with Crippen LogP contribution in [0.2, 0.25) is 0 Å². The van der Waals surface area contributed by atoms with Crippen LogP contribution in [0, 0.1) is 5.92 Å². The molecule has 0 saturated heterocycles. The number of rotatable bonds is 9. The highest BCUT2D eigenvalue weighted by Gasteiger charge is 2.22. The molecular weight excluding hydrogens is 308 g/mol. The number of ether oxygens (including phenoxy) is 1. The average Bonchev–Trinajstić information content (AvgIpc) is 3.00. The van der Waals surface area contributed by atoms with Crippen molar-refractivity contribution in [2.24, 2.45) is 5.92 Å². The van der Waals surface area contributed by atoms with Gasteiger partial charge in [0.1, 0.15) is 5.69 Å². The van der Waals surface area contributed by atoms with Gasteiger partial charge in [-0.25, -0.2) is 0 Å². The standard InChI is InChI=1S/C18H24N2O4/c1-3-24-10-6-9-20(12-13(2)18(22)23)17(21)16-11-14-7-4-5-8-15(14)19-16/h4-5,7-8,11,13,19H,3,6,9-10,12H2,1-2H3,(H,22,23). The monoisotopic (exact) mass is 332 g/mol. The van der Waals surface area contributed by atoms with Crippen molar-refractivity contribution >= 4 is 22.8 Å². The second-order valence-electron chi connectivity index (χ2n) is 5.81. The van der Waals surface area contributed by atoms with Crippen molar-refractivity contribution in [2.45, 2.75) is 20.3 Å². The summed E-state index contributed by atoms with van der Waals surface area (Å²) in [6, 6.07) is 9.46. The van der Waals surface area contributed by atoms with Gasteiger partial charge in [-0.1, -0.05) is 25.1 Å². The number of carbonyl (C=O) groups excluding carboxylic acids is 1. The number of carboxylic acid groups (broad SMARTS) is 1. The smallest absolute Gasteiger partial charge is 0.308 e. The van der Waals surface area contributed by atoms with Gasteiger partial charge in [0.25, 0.3) is 5.91 Å². The van der Waals surface area contributed by atoms with Gasteiger partial charge in [-0.2, -0.15) is 0 Å². The van der Waals surface area contributed by atoms with E-state index in [-0.39, 0.29) is 12.5 Å². The summed E-state index contributed by atoms with van der Waals surface area (Å²) in [5.41, 5.74) is 1.37. The molecule has 1 aromatic heterocycles. The molecule has 0 aliphatic rings. The molecule has 0 fully saturated rings. The van der Waals surface area contributed by atoms with Crippen molar-refractivity contribution in [2.75, 3.05) is 26.3 Å². The summed E-state index contributed by atoms with van der Waals surface area (Å²) >= 11 is 0. The van der Waals surface area contributed by atoms with Gasteiger partial charge in [0.05, 0.1) is 5.92 Å². The van der Waals surface area contributed by atoms with E-state index >= 15 is 0 Å². The SMILES string of the molecule is CCOCCCN(CC(C)C(=O)O)C(=O)c1cc2ccccc2[nH]1. The van der Waals surface area contributed by atoms with E-state index in [0.717, 1.165) is 10.9 Å². The van der Waals surface area contributed by atoms with E-state index in [2.05, 4.69) is 4.98 Å². The zero-order valence-electron chi connectivity index (χ0n) is 14.1. The second kappa shape index (κ2) is 8.49. The number of aromatic nitrogens is 1. The Kier molecular flexibility index (Phi) is 6.37. The number of amides is 1. The number of fused-ring (bicyclic) bond motifs is 1. The van der Waals surface area contributed by atoms with Crippen molar-refractivity contribution in [3.8, 4) is 0 Å². The topological polar surface area (TPSA) is 82.6 Å². The van der Waals surface area contributed by atoms with Crippen molar-refractivity contribution < 1.29 is 19.4 Å². The molecule has 2 rings (SSSR count). The Labute approximate surface area is 141 Å². The van der Waals surface area contributed by atoms with Crippen LogP contribution in [0.15, 0.2) is 30.3 Å². The number of nitrogens with zero attached hydrogens (tertiary/aromatic N) is 1. The number of hydrogen-bond acceptors (Lipinski definition) is 3. The number of nitrogens with one attached hydrogen (secondary N) is 1. The predicted octanol–water partition coefficient (Wildman–Crippen LogP) is 2.76. The maximum atomic E-state index is 12.8. The summed E-state index contributed by atoms with van der Waals surface area (Å²) < 4.78 is 5.31. The van der Waals surface area contributed by atoms with Crippen LogP contribution in [0.3, 0.4) is 0 Å². The molecule has 2 aromatic rings. The second-order valence-corrected chi connectivity index (χ2v) is 5.81. The molecule has 1 unspecified atom stereocenters. The number of benzene rings is 1. The highest BCUT2D eigenvalue weighted by molar-refractivity contribution is 5.98. The zero-order chi connectivity index (χ0) is 17.5. The van der Waals surface area contributed by atoms with E-state index in [1.807, 2.05) is 31.2 Å². The Balaban J connectivity index is 2.13. The first-order valence-electron chi connectivity index (χ1n) is 8.20. The van der Waals surface area contributed by atoms with Crippen LogP contribution in [0.5, 0.6) is 0 Å². The largest absolute Gasteiger partial charge is 0.481 e. The fourth-order valence-corrected chi connectivity index (χ4v) is 2.55. The van der Waals surface area contributed by atoms with Gasteiger partial charge >= 0.3 is 5.97 Å². The lowest BCUT2D eigenvalue weighted by Gasteiger charge is -2.24. The van der Waals surface area contributed by atoms with Crippen LogP contribution in [-0.4, -0.2) is 53.2 Å². The van der Waals surface area contributed by atoms with Crippen LogP contribution in [0.25, 0.3) is 10.9 Å². The van der Waals surface area contributed by atoms with Gasteiger partial charge in [-0.3, -0.25) is 9.59 Å². The number of aromatic amines is 1. The molecule has 1 amide bonds. The Morgan fingerprint density at radius 3 is 2.75 bits per heavy atom. The maximum absolute atomic E-state index is 12.8. The Hall–Kier alpha value is -2.34. The number of para-hydroxylation sites is 1. The van der Waals surface area contributed by atoms with E-state index in [4.69, 9.17) is 9.84 Å². The molecule has 130 valence electrons. The van der Waals surface area contributed by atoms with E-state index in [0.29, 0.717) is 31.9 Å². The molecule has 2 N–H and O–H groups in total. The summed E-state index contributed by atoms with van der Waals surface area (Å²) in [6.45, 7) is 5.34. The molecule has 0 saturated carbocycles. The van der Waals surface area contributed by atoms with E-state index in [1.165, 1.54) is 0 Å². The average molecular weight is 332 g/mol. The first-order chi connectivity index (χ1) is 11.5. The minimum absolute atomic E-state index is 0.176. The van der Waals surface area contributed by atoms with Crippen molar-refractivity contribution in [1.82, 2.24) is 9.88 Å². The van der Waals surface area contributed by atoms with Crippen molar-refractivity contribution in [3.63, 3.8) is 0 Å². The first kappa shape index (κ1) is 18.0. The third kappa shape index (κ3) is 4.58. The number of H-pyrrole nitrogens is 1. The van der Waals surface area contributed by atoms with Crippen LogP contribution in [-0.2, 0) is 9.53 Å². The zero-order valence-corrected chi connectivity index (χ0v) is 14.1. The molecular formula is C18H24N2O4. The van der Waals surface area contributed by atoms with Crippen molar-refractivity contribution in [1.29, 1.82) is 0 Å². The number of carbonyl (C=O) groups is 2. The molecule has 1 aromatic carbocycles. The molecule has 1 heterocycles. The molecule has 0 radical (unpaired) electrons. The lowest BCUT2D eigenvalue weighted by molar-refractivity contribution is -0.141. The molecule has 6 nitrogen and oxygen atoms in total. The van der Waals surface area contributed by atoms with Gasteiger partial charge < -0.3 is 19.7 Å². The molecule has 24 heavy (non-hydrogen) atoms. The Morgan fingerprint density at radius 1 is 1.33 bits per heavy atom. The van der Waals surface area contributed by atoms with Crippen LogP contribution >= 0.6 is 0 Å². The minimum atomic E-state index is -0.908. The van der Waals surface area contributed by atoms with E-state index < -0.39 is 11.9 Å². The van der Waals surface area contributed by atoms with Gasteiger partial charge in [0, 0.05) is 37.2 Å². The number of hydrogen-bond donors (Lipinski definition) is 2. The Morgan fingerprint density at radius 2 is 2.08 bits per heavy atom. The third-order valence-corrected chi connectivity index (χ3v) is 3.88. The lowest BCUT2D eigenvalue weighted by atomic mass is 10.1. The van der Waals surface area contributed by atoms with Crippen LogP contribution < -0.4 is 0 Å². The van der Waals surface area contributed by atoms with E-state index in [9.17, 15) is 9.59 Å². The molecule has 0 bridgehead atoms. The van der Waals surface area contributed by atoms with Crippen LogP contribution in [0.1, 0.15) is 30.8 Å². The van der Waals surface area contributed by atoms with Gasteiger partial charge in [-0.05, 0) is 25.5 Å². The fourth-order valence-electron chi connectivity index (χ4n) is 2.55. The summed E-state index contributed by atoms with van der Waals surface area (Å²) in [5.74, 6) is -1.71. The predicted molar refractivity (Wildman–Crippen MR) is 92.1 cm³/mol. The highest BCUT2D eigenvalue weighted by Crippen LogP contribution is 2.17. The highest BCUT2D eigenvalue weighted by atomic mass is 16.5. The molecule has 1 atom stereocenters. The van der Waals surface area contributed by atoms with Gasteiger partial charge in [0.15, 0.2) is 0 Å². The quantitative estimate of drug-likeness (QED) is 0.692. The minimum Gasteiger partial charge on any atom is -0.481 e. The summed E-state index contributed by atoms with van der Waals surface area (Å²) in [7, 11) is 0. The van der Waals surface area contributed by atoms with Crippen molar-refractivity contribution in [3.05, 3.63) is 36.0 Å². The summed E-state index contributed by atoms with van der Waals surface area (Å²) in [5, 5.41) is 10.1. The number of carboxylic acids is 1. The maximum Gasteiger partial charge on any atom is 0.308 e. The molecule has 0 aliphatic heterocycles. The lowest BCUT2D eigenvalue weighted by Crippen LogP contribution is -2.38. The molecule has 0 aliphatic carbocycles. The third-order valence-electron chi connectivity index (χ3n) is 3.88. The number of aliphatic carboxylic acids is 1. The van der Waals surface area contributed by atoms with E-state index in [1.54, 1.807) is 17.9 Å². The van der Waals surface area contributed by atoms with Crippen LogP contribution in [0.4, 0.5) is 0 Å². The fraction of sp³-hybridized carbons (Fsp3) is 0.444. The van der Waals surface area contributed by atoms with Gasteiger partial charge in [0.2, 0.25) is 0 Å².